The smallest absolute Gasteiger partial charge is 0.223 e. The van der Waals surface area contributed by atoms with Crippen molar-refractivity contribution in [2.24, 2.45) is 5.92 Å². The van der Waals surface area contributed by atoms with E-state index >= 15 is 0 Å². The third-order valence-corrected chi connectivity index (χ3v) is 2.69. The van der Waals surface area contributed by atoms with Crippen LogP contribution in [0, 0.1) is 5.92 Å². The first-order valence-corrected chi connectivity index (χ1v) is 5.60. The Kier molecular flexibility index (Phi) is 4.39. The van der Waals surface area contributed by atoms with Crippen LogP contribution in [0.5, 0.6) is 0 Å². The summed E-state index contributed by atoms with van der Waals surface area (Å²) in [5.41, 5.74) is 0. The number of nitrogens with zero attached hydrogens (tertiary/aromatic N) is 1. The van der Waals surface area contributed by atoms with Gasteiger partial charge in [0.25, 0.3) is 0 Å². The van der Waals surface area contributed by atoms with E-state index in [0.717, 1.165) is 19.0 Å². The Bertz CT molecular complexity index is 190. The Labute approximate surface area is 86.9 Å². The van der Waals surface area contributed by atoms with Gasteiger partial charge in [-0.05, 0) is 32.2 Å². The van der Waals surface area contributed by atoms with Crippen LogP contribution >= 0.6 is 0 Å². The van der Waals surface area contributed by atoms with Crippen LogP contribution < -0.4 is 5.32 Å². The van der Waals surface area contributed by atoms with Crippen LogP contribution in [0.15, 0.2) is 0 Å². The van der Waals surface area contributed by atoms with Crippen molar-refractivity contribution in [2.45, 2.75) is 39.2 Å². The molecule has 0 aromatic heterocycles. The first-order valence-electron chi connectivity index (χ1n) is 5.60. The third-order valence-electron chi connectivity index (χ3n) is 2.69. The molecule has 0 aromatic carbocycles. The quantitative estimate of drug-likeness (QED) is 0.696. The van der Waals surface area contributed by atoms with Gasteiger partial charge in [-0.1, -0.05) is 6.92 Å². The molecule has 3 heteroatoms. The molecule has 0 aromatic rings. The summed E-state index contributed by atoms with van der Waals surface area (Å²) in [6.07, 6.45) is 3.23. The molecule has 1 N–H and O–H groups in total. The summed E-state index contributed by atoms with van der Waals surface area (Å²) >= 11 is 0. The van der Waals surface area contributed by atoms with Gasteiger partial charge >= 0.3 is 0 Å². The maximum atomic E-state index is 11.7. The minimum absolute atomic E-state index is 0.269. The molecule has 1 saturated carbocycles. The van der Waals surface area contributed by atoms with Crippen molar-refractivity contribution in [3.8, 4) is 0 Å². The maximum Gasteiger partial charge on any atom is 0.223 e. The number of rotatable bonds is 6. The molecule has 0 aliphatic heterocycles. The van der Waals surface area contributed by atoms with Crippen LogP contribution in [0.25, 0.3) is 0 Å². The summed E-state index contributed by atoms with van der Waals surface area (Å²) in [4.78, 5) is 13.6. The average Bonchev–Trinajstić information content (AvgIpc) is 2.88. The molecular formula is C11H22N2O. The highest BCUT2D eigenvalue weighted by molar-refractivity contribution is 5.76. The molecule has 1 atom stereocenters. The molecule has 82 valence electrons. The minimum atomic E-state index is 0.269. The number of hydrogen-bond acceptors (Lipinski definition) is 2. The van der Waals surface area contributed by atoms with E-state index in [-0.39, 0.29) is 5.91 Å². The predicted molar refractivity (Wildman–Crippen MR) is 58.1 cm³/mol. The van der Waals surface area contributed by atoms with Crippen molar-refractivity contribution in [2.75, 3.05) is 20.1 Å². The number of carbonyl (C=O) groups excluding carboxylic acids is 1. The summed E-state index contributed by atoms with van der Waals surface area (Å²) in [5.74, 6) is 1.06. The van der Waals surface area contributed by atoms with Crippen molar-refractivity contribution in [1.82, 2.24) is 10.2 Å². The van der Waals surface area contributed by atoms with Crippen molar-refractivity contribution in [3.63, 3.8) is 0 Å². The lowest BCUT2D eigenvalue weighted by molar-refractivity contribution is -0.130. The van der Waals surface area contributed by atoms with Crippen LogP contribution in [0.4, 0.5) is 0 Å². The summed E-state index contributed by atoms with van der Waals surface area (Å²) in [5, 5.41) is 3.25. The van der Waals surface area contributed by atoms with Crippen molar-refractivity contribution < 1.29 is 4.79 Å². The zero-order valence-corrected chi connectivity index (χ0v) is 9.55. The number of amides is 1. The second kappa shape index (κ2) is 5.35. The molecule has 1 unspecified atom stereocenters. The van der Waals surface area contributed by atoms with Gasteiger partial charge in [-0.3, -0.25) is 4.79 Å². The molecule has 1 fully saturated rings. The van der Waals surface area contributed by atoms with Gasteiger partial charge in [-0.25, -0.2) is 0 Å². The Morgan fingerprint density at radius 2 is 2.21 bits per heavy atom. The Balaban J connectivity index is 2.17. The van der Waals surface area contributed by atoms with Gasteiger partial charge < -0.3 is 10.2 Å². The van der Waals surface area contributed by atoms with Crippen LogP contribution in [0.1, 0.15) is 33.1 Å². The van der Waals surface area contributed by atoms with E-state index in [9.17, 15) is 4.79 Å². The first-order chi connectivity index (χ1) is 6.63. The molecule has 0 heterocycles. The fraction of sp³-hybridized carbons (Fsp3) is 0.909. The van der Waals surface area contributed by atoms with Gasteiger partial charge in [0.05, 0.1) is 0 Å². The van der Waals surface area contributed by atoms with Crippen LogP contribution in [0.2, 0.25) is 0 Å². The molecule has 0 spiro atoms. The fourth-order valence-corrected chi connectivity index (χ4v) is 1.63. The van der Waals surface area contributed by atoms with Crippen molar-refractivity contribution >= 4 is 5.91 Å². The highest BCUT2D eigenvalue weighted by Gasteiger charge is 2.25. The normalized spacial score (nSPS) is 17.9. The van der Waals surface area contributed by atoms with E-state index in [1.165, 1.54) is 12.8 Å². The van der Waals surface area contributed by atoms with E-state index in [1.54, 1.807) is 0 Å². The van der Waals surface area contributed by atoms with E-state index < -0.39 is 0 Å². The fourth-order valence-electron chi connectivity index (χ4n) is 1.63. The summed E-state index contributed by atoms with van der Waals surface area (Å²) in [6.45, 7) is 6.01. The SMILES string of the molecule is CCNC(C)CC(=O)N(C)CC1CC1. The second-order valence-electron chi connectivity index (χ2n) is 4.38. The lowest BCUT2D eigenvalue weighted by Crippen LogP contribution is -2.35. The van der Waals surface area contributed by atoms with Gasteiger partial charge in [0, 0.05) is 26.1 Å². The molecule has 0 bridgehead atoms. The van der Waals surface area contributed by atoms with E-state index in [0.29, 0.717) is 12.5 Å². The van der Waals surface area contributed by atoms with E-state index in [2.05, 4.69) is 19.2 Å². The summed E-state index contributed by atoms with van der Waals surface area (Å²) in [6, 6.07) is 0.300. The predicted octanol–water partition coefficient (Wildman–Crippen LogP) is 1.24. The van der Waals surface area contributed by atoms with Gasteiger partial charge in [-0.2, -0.15) is 0 Å². The average molecular weight is 198 g/mol. The Morgan fingerprint density at radius 3 is 2.71 bits per heavy atom. The Hall–Kier alpha value is -0.570. The topological polar surface area (TPSA) is 32.3 Å². The number of nitrogens with one attached hydrogen (secondary N) is 1. The number of hydrogen-bond donors (Lipinski definition) is 1. The molecule has 0 radical (unpaired) electrons. The largest absolute Gasteiger partial charge is 0.345 e. The lowest BCUT2D eigenvalue weighted by Gasteiger charge is -2.19. The molecule has 14 heavy (non-hydrogen) atoms. The van der Waals surface area contributed by atoms with Gasteiger partial charge in [0.2, 0.25) is 5.91 Å². The molecule has 1 aliphatic carbocycles. The van der Waals surface area contributed by atoms with Crippen LogP contribution in [0.3, 0.4) is 0 Å². The molecular weight excluding hydrogens is 176 g/mol. The molecule has 1 rings (SSSR count). The number of carbonyl (C=O) groups is 1. The van der Waals surface area contributed by atoms with Crippen molar-refractivity contribution in [1.29, 1.82) is 0 Å². The Morgan fingerprint density at radius 1 is 1.57 bits per heavy atom. The van der Waals surface area contributed by atoms with E-state index in [4.69, 9.17) is 0 Å². The lowest BCUT2D eigenvalue weighted by atomic mass is 10.2. The molecule has 3 nitrogen and oxygen atoms in total. The first kappa shape index (κ1) is 11.5. The van der Waals surface area contributed by atoms with E-state index in [1.807, 2.05) is 11.9 Å². The van der Waals surface area contributed by atoms with Crippen LogP contribution in [-0.2, 0) is 4.79 Å². The minimum Gasteiger partial charge on any atom is -0.345 e. The van der Waals surface area contributed by atoms with Gasteiger partial charge in [0.1, 0.15) is 0 Å². The van der Waals surface area contributed by atoms with Crippen LogP contribution in [-0.4, -0.2) is 37.0 Å². The zero-order valence-electron chi connectivity index (χ0n) is 9.55. The third kappa shape index (κ3) is 4.09. The molecule has 1 amide bonds. The molecule has 1 aliphatic rings. The van der Waals surface area contributed by atoms with Gasteiger partial charge in [0.15, 0.2) is 0 Å². The second-order valence-corrected chi connectivity index (χ2v) is 4.38. The monoisotopic (exact) mass is 198 g/mol. The highest BCUT2D eigenvalue weighted by atomic mass is 16.2. The zero-order chi connectivity index (χ0) is 10.6. The molecule has 0 saturated heterocycles. The standard InChI is InChI=1S/C11H22N2O/c1-4-12-9(2)7-11(14)13(3)8-10-5-6-10/h9-10,12H,4-8H2,1-3H3. The summed E-state index contributed by atoms with van der Waals surface area (Å²) in [7, 11) is 1.92. The summed E-state index contributed by atoms with van der Waals surface area (Å²) < 4.78 is 0. The van der Waals surface area contributed by atoms with Gasteiger partial charge in [-0.15, -0.1) is 0 Å². The highest BCUT2D eigenvalue weighted by Crippen LogP contribution is 2.29. The van der Waals surface area contributed by atoms with Crippen molar-refractivity contribution in [3.05, 3.63) is 0 Å². The maximum absolute atomic E-state index is 11.7.